The van der Waals surface area contributed by atoms with Crippen molar-refractivity contribution in [1.29, 1.82) is 0 Å². The minimum atomic E-state index is -0.101. The Morgan fingerprint density at radius 2 is 1.86 bits per heavy atom. The fourth-order valence-electron chi connectivity index (χ4n) is 2.60. The molecule has 140 valence electrons. The van der Waals surface area contributed by atoms with E-state index in [2.05, 4.69) is 20.3 Å². The number of pyridine rings is 1. The molecular weight excluding hydrogens is 372 g/mol. The molecule has 2 aromatic carbocycles. The van der Waals surface area contributed by atoms with Gasteiger partial charge in [0, 0.05) is 11.9 Å². The summed E-state index contributed by atoms with van der Waals surface area (Å²) in [6.45, 7) is 0.509. The van der Waals surface area contributed by atoms with Gasteiger partial charge in [-0.3, -0.25) is 4.79 Å². The molecule has 2 N–H and O–H groups in total. The van der Waals surface area contributed by atoms with Gasteiger partial charge in [-0.2, -0.15) is 0 Å². The van der Waals surface area contributed by atoms with Crippen molar-refractivity contribution >= 4 is 34.5 Å². The summed E-state index contributed by atoms with van der Waals surface area (Å²) in [4.78, 5) is 23.8. The molecule has 2 aromatic heterocycles. The van der Waals surface area contributed by atoms with Crippen molar-refractivity contribution in [2.45, 2.75) is 11.8 Å². The predicted molar refractivity (Wildman–Crippen MR) is 110 cm³/mol. The smallest absolute Gasteiger partial charge is 0.234 e. The fraction of sp³-hybridized carbons (Fsp3) is 0.0952. The van der Waals surface area contributed by atoms with Gasteiger partial charge < -0.3 is 15.0 Å². The topological polar surface area (TPSA) is 79.9 Å². The summed E-state index contributed by atoms with van der Waals surface area (Å²) >= 11 is 1.34. The highest BCUT2D eigenvalue weighted by Crippen LogP contribution is 2.20. The zero-order chi connectivity index (χ0) is 19.2. The number of anilines is 1. The minimum absolute atomic E-state index is 0.101. The van der Waals surface area contributed by atoms with E-state index in [1.807, 2.05) is 66.7 Å². The summed E-state index contributed by atoms with van der Waals surface area (Å²) in [7, 11) is 0. The second kappa shape index (κ2) is 8.58. The van der Waals surface area contributed by atoms with Crippen LogP contribution < -0.4 is 10.1 Å². The maximum atomic E-state index is 12.2. The van der Waals surface area contributed by atoms with Gasteiger partial charge in [0.25, 0.3) is 0 Å². The standard InChI is InChI=1S/C21H18N4O2S/c26-19(14-28-21-24-18-7-4-12-22-20(18)25-21)23-16-8-10-17(11-9-16)27-13-15-5-2-1-3-6-15/h1-12H,13-14H2,(H,23,26)(H,22,24,25). The first kappa shape index (κ1) is 18.1. The molecule has 28 heavy (non-hydrogen) atoms. The van der Waals surface area contributed by atoms with Crippen molar-refractivity contribution < 1.29 is 9.53 Å². The lowest BCUT2D eigenvalue weighted by Crippen LogP contribution is -2.14. The number of carbonyl (C=O) groups excluding carboxylic acids is 1. The Balaban J connectivity index is 1.27. The Labute approximate surface area is 166 Å². The summed E-state index contributed by atoms with van der Waals surface area (Å²) in [5.74, 6) is 0.911. The molecule has 0 saturated heterocycles. The number of fused-ring (bicyclic) bond motifs is 1. The zero-order valence-corrected chi connectivity index (χ0v) is 15.8. The molecular formula is C21H18N4O2S. The van der Waals surface area contributed by atoms with Crippen LogP contribution in [0.15, 0.2) is 78.1 Å². The lowest BCUT2D eigenvalue weighted by Gasteiger charge is -2.08. The fourth-order valence-corrected chi connectivity index (χ4v) is 3.27. The van der Waals surface area contributed by atoms with E-state index in [1.54, 1.807) is 6.20 Å². The van der Waals surface area contributed by atoms with Gasteiger partial charge in [0.2, 0.25) is 5.91 Å². The third-order valence-corrected chi connectivity index (χ3v) is 4.84. The Bertz CT molecular complexity index is 1030. The predicted octanol–water partition coefficient (Wildman–Crippen LogP) is 4.27. The summed E-state index contributed by atoms with van der Waals surface area (Å²) in [5, 5.41) is 3.55. The number of hydrogen-bond donors (Lipinski definition) is 2. The second-order valence-corrected chi connectivity index (χ2v) is 7.02. The summed E-state index contributed by atoms with van der Waals surface area (Å²) in [6.07, 6.45) is 1.69. The number of aromatic nitrogens is 3. The molecule has 1 amide bonds. The first-order valence-electron chi connectivity index (χ1n) is 8.76. The molecule has 0 aliphatic heterocycles. The van der Waals surface area contributed by atoms with Gasteiger partial charge in [-0.1, -0.05) is 42.1 Å². The average Bonchev–Trinajstić information content (AvgIpc) is 3.16. The molecule has 0 atom stereocenters. The number of amides is 1. The summed E-state index contributed by atoms with van der Waals surface area (Å²) < 4.78 is 5.75. The van der Waals surface area contributed by atoms with Crippen molar-refractivity contribution in [2.24, 2.45) is 0 Å². The Morgan fingerprint density at radius 3 is 2.64 bits per heavy atom. The van der Waals surface area contributed by atoms with Gasteiger partial charge >= 0.3 is 0 Å². The maximum Gasteiger partial charge on any atom is 0.234 e. The first-order valence-corrected chi connectivity index (χ1v) is 9.75. The molecule has 4 aromatic rings. The largest absolute Gasteiger partial charge is 0.489 e. The molecule has 7 heteroatoms. The van der Waals surface area contributed by atoms with Crippen molar-refractivity contribution in [3.63, 3.8) is 0 Å². The quantitative estimate of drug-likeness (QED) is 0.461. The molecule has 0 spiro atoms. The number of aromatic amines is 1. The second-order valence-electron chi connectivity index (χ2n) is 6.05. The molecule has 0 fully saturated rings. The third-order valence-electron chi connectivity index (χ3n) is 3.96. The molecule has 4 rings (SSSR count). The SMILES string of the molecule is O=C(CSc1nc2ncccc2[nH]1)Nc1ccc(OCc2ccccc2)cc1. The summed E-state index contributed by atoms with van der Waals surface area (Å²) in [5.41, 5.74) is 3.34. The normalized spacial score (nSPS) is 10.7. The van der Waals surface area contributed by atoms with Crippen LogP contribution in [0, 0.1) is 0 Å². The van der Waals surface area contributed by atoms with Gasteiger partial charge in [0.15, 0.2) is 10.8 Å². The molecule has 0 bridgehead atoms. The van der Waals surface area contributed by atoms with Gasteiger partial charge in [-0.15, -0.1) is 0 Å². The monoisotopic (exact) mass is 390 g/mol. The number of nitrogens with zero attached hydrogens (tertiary/aromatic N) is 2. The highest BCUT2D eigenvalue weighted by molar-refractivity contribution is 7.99. The Morgan fingerprint density at radius 1 is 1.04 bits per heavy atom. The van der Waals surface area contributed by atoms with Gasteiger partial charge in [-0.05, 0) is 42.0 Å². The number of imidazole rings is 1. The lowest BCUT2D eigenvalue weighted by molar-refractivity contribution is -0.113. The van der Waals surface area contributed by atoms with Gasteiger partial charge in [0.05, 0.1) is 11.3 Å². The van der Waals surface area contributed by atoms with E-state index < -0.39 is 0 Å². The number of rotatable bonds is 7. The number of ether oxygens (including phenoxy) is 1. The highest BCUT2D eigenvalue weighted by Gasteiger charge is 2.08. The molecule has 0 unspecified atom stereocenters. The highest BCUT2D eigenvalue weighted by atomic mass is 32.2. The van der Waals surface area contributed by atoms with Crippen LogP contribution in [0.5, 0.6) is 5.75 Å². The van der Waals surface area contributed by atoms with Crippen LogP contribution in [0.4, 0.5) is 5.69 Å². The molecule has 0 saturated carbocycles. The molecule has 0 aliphatic rings. The van der Waals surface area contributed by atoms with E-state index in [0.717, 1.165) is 22.5 Å². The van der Waals surface area contributed by atoms with Crippen LogP contribution in [0.3, 0.4) is 0 Å². The molecule has 6 nitrogen and oxygen atoms in total. The van der Waals surface area contributed by atoms with Crippen molar-refractivity contribution in [3.05, 3.63) is 78.5 Å². The number of H-pyrrole nitrogens is 1. The van der Waals surface area contributed by atoms with Crippen LogP contribution in [-0.2, 0) is 11.4 Å². The number of thioether (sulfide) groups is 1. The van der Waals surface area contributed by atoms with Crippen LogP contribution in [0.2, 0.25) is 0 Å². The van der Waals surface area contributed by atoms with Crippen LogP contribution in [-0.4, -0.2) is 26.6 Å². The van der Waals surface area contributed by atoms with Crippen molar-refractivity contribution in [2.75, 3.05) is 11.1 Å². The van der Waals surface area contributed by atoms with Gasteiger partial charge in [-0.25, -0.2) is 9.97 Å². The van der Waals surface area contributed by atoms with Crippen LogP contribution in [0.1, 0.15) is 5.56 Å². The van der Waals surface area contributed by atoms with E-state index in [0.29, 0.717) is 17.4 Å². The van der Waals surface area contributed by atoms with Gasteiger partial charge in [0.1, 0.15) is 12.4 Å². The number of nitrogens with one attached hydrogen (secondary N) is 2. The van der Waals surface area contributed by atoms with Crippen LogP contribution in [0.25, 0.3) is 11.2 Å². The molecule has 0 aliphatic carbocycles. The van der Waals surface area contributed by atoms with Crippen molar-refractivity contribution in [3.8, 4) is 5.75 Å². The van der Waals surface area contributed by atoms with Crippen molar-refractivity contribution in [1.82, 2.24) is 15.0 Å². The average molecular weight is 390 g/mol. The number of benzene rings is 2. The summed E-state index contributed by atoms with van der Waals surface area (Å²) in [6, 6.07) is 21.1. The zero-order valence-electron chi connectivity index (χ0n) is 15.0. The maximum absolute atomic E-state index is 12.2. The Kier molecular flexibility index (Phi) is 5.53. The molecule has 2 heterocycles. The van der Waals surface area contributed by atoms with E-state index in [1.165, 1.54) is 11.8 Å². The van der Waals surface area contributed by atoms with Crippen LogP contribution >= 0.6 is 11.8 Å². The van der Waals surface area contributed by atoms with E-state index >= 15 is 0 Å². The third kappa shape index (κ3) is 4.69. The lowest BCUT2D eigenvalue weighted by atomic mass is 10.2. The number of hydrogen-bond acceptors (Lipinski definition) is 5. The van der Waals surface area contributed by atoms with E-state index in [-0.39, 0.29) is 11.7 Å². The minimum Gasteiger partial charge on any atom is -0.489 e. The first-order chi connectivity index (χ1) is 13.8. The Hall–Kier alpha value is -3.32. The number of carbonyl (C=O) groups is 1. The van der Waals surface area contributed by atoms with E-state index in [9.17, 15) is 4.79 Å². The van der Waals surface area contributed by atoms with E-state index in [4.69, 9.17) is 4.74 Å². The molecule has 0 radical (unpaired) electrons.